The average Bonchev–Trinajstić information content (AvgIpc) is 2.62. The number of nitrogens with two attached hydrogens (primary N) is 1. The molecule has 1 aromatic heterocycles. The first kappa shape index (κ1) is 12.4. The maximum atomic E-state index is 5.77. The molecule has 15 heavy (non-hydrogen) atoms. The van der Waals surface area contributed by atoms with Crippen LogP contribution in [-0.2, 0) is 0 Å². The van der Waals surface area contributed by atoms with E-state index >= 15 is 0 Å². The van der Waals surface area contributed by atoms with Crippen LogP contribution >= 0.6 is 11.3 Å². The highest BCUT2D eigenvalue weighted by Crippen LogP contribution is 2.21. The predicted octanol–water partition coefficient (Wildman–Crippen LogP) is 1.16. The average molecular weight is 228 g/mol. The molecule has 1 unspecified atom stereocenters. The summed E-state index contributed by atoms with van der Waals surface area (Å²) in [7, 11) is 6.21. The Balaban J connectivity index is 2.54. The van der Waals surface area contributed by atoms with Crippen molar-refractivity contribution in [3.8, 4) is 0 Å². The minimum Gasteiger partial charge on any atom is -0.350 e. The second-order valence-electron chi connectivity index (χ2n) is 4.07. The normalized spacial score (nSPS) is 13.2. The van der Waals surface area contributed by atoms with E-state index < -0.39 is 0 Å². The maximum Gasteiger partial charge on any atom is 0.185 e. The van der Waals surface area contributed by atoms with Crippen molar-refractivity contribution in [2.75, 3.05) is 39.1 Å². The lowest BCUT2D eigenvalue weighted by Gasteiger charge is -2.18. The van der Waals surface area contributed by atoms with E-state index in [0.717, 1.165) is 23.9 Å². The molecule has 4 nitrogen and oxygen atoms in total. The quantitative estimate of drug-likeness (QED) is 0.821. The van der Waals surface area contributed by atoms with E-state index in [1.165, 1.54) is 0 Å². The summed E-state index contributed by atoms with van der Waals surface area (Å²) in [4.78, 5) is 8.82. The molecule has 0 saturated carbocycles. The van der Waals surface area contributed by atoms with Gasteiger partial charge in [-0.2, -0.15) is 0 Å². The van der Waals surface area contributed by atoms with E-state index in [-0.39, 0.29) is 6.04 Å². The maximum absolute atomic E-state index is 5.77. The van der Waals surface area contributed by atoms with Gasteiger partial charge in [0.15, 0.2) is 5.13 Å². The lowest BCUT2D eigenvalue weighted by atomic mass is 10.3. The van der Waals surface area contributed by atoms with Gasteiger partial charge in [0.2, 0.25) is 0 Å². The Morgan fingerprint density at radius 2 is 2.07 bits per heavy atom. The molecule has 86 valence electrons. The first-order valence-electron chi connectivity index (χ1n) is 5.07. The van der Waals surface area contributed by atoms with E-state index in [1.807, 2.05) is 12.3 Å². The molecule has 1 aromatic rings. The van der Waals surface area contributed by atoms with Crippen molar-refractivity contribution in [1.82, 2.24) is 9.88 Å². The Labute approximate surface area is 95.7 Å². The van der Waals surface area contributed by atoms with Gasteiger partial charge in [0, 0.05) is 31.6 Å². The van der Waals surface area contributed by atoms with Gasteiger partial charge in [0.05, 0.1) is 5.69 Å². The van der Waals surface area contributed by atoms with Gasteiger partial charge in [0.1, 0.15) is 0 Å². The molecule has 5 heteroatoms. The molecule has 0 saturated heterocycles. The van der Waals surface area contributed by atoms with Crippen molar-refractivity contribution in [3.05, 3.63) is 11.1 Å². The summed E-state index contributed by atoms with van der Waals surface area (Å²) in [5.41, 5.74) is 6.75. The minimum absolute atomic E-state index is 0.0252. The molecule has 0 aliphatic carbocycles. The fraction of sp³-hybridized carbons (Fsp3) is 0.700. The molecule has 0 fully saturated rings. The third-order valence-corrected chi connectivity index (χ3v) is 3.16. The summed E-state index contributed by atoms with van der Waals surface area (Å²) in [6.07, 6.45) is 0. The number of thiazole rings is 1. The summed E-state index contributed by atoms with van der Waals surface area (Å²) in [6, 6.07) is 0.0252. The van der Waals surface area contributed by atoms with Crippen molar-refractivity contribution >= 4 is 16.5 Å². The highest BCUT2D eigenvalue weighted by atomic mass is 32.1. The topological polar surface area (TPSA) is 45.4 Å². The zero-order chi connectivity index (χ0) is 11.4. The number of anilines is 1. The lowest BCUT2D eigenvalue weighted by Crippen LogP contribution is -2.28. The predicted molar refractivity (Wildman–Crippen MR) is 66.5 cm³/mol. The van der Waals surface area contributed by atoms with Gasteiger partial charge < -0.3 is 15.5 Å². The number of hydrogen-bond acceptors (Lipinski definition) is 5. The van der Waals surface area contributed by atoms with Crippen LogP contribution in [0.5, 0.6) is 0 Å². The van der Waals surface area contributed by atoms with Crippen LogP contribution in [-0.4, -0.2) is 44.1 Å². The van der Waals surface area contributed by atoms with Gasteiger partial charge in [-0.05, 0) is 21.0 Å². The van der Waals surface area contributed by atoms with E-state index in [1.54, 1.807) is 11.3 Å². The molecule has 2 N–H and O–H groups in total. The fourth-order valence-electron chi connectivity index (χ4n) is 1.11. The van der Waals surface area contributed by atoms with Crippen LogP contribution < -0.4 is 10.6 Å². The van der Waals surface area contributed by atoms with Crippen LogP contribution in [0.25, 0.3) is 0 Å². The second-order valence-corrected chi connectivity index (χ2v) is 4.91. The van der Waals surface area contributed by atoms with Crippen LogP contribution in [0.3, 0.4) is 0 Å². The third-order valence-electron chi connectivity index (χ3n) is 2.19. The van der Waals surface area contributed by atoms with Gasteiger partial charge >= 0.3 is 0 Å². The number of hydrogen-bond donors (Lipinski definition) is 1. The minimum atomic E-state index is 0.0252. The zero-order valence-corrected chi connectivity index (χ0v) is 10.7. The summed E-state index contributed by atoms with van der Waals surface area (Å²) < 4.78 is 0. The van der Waals surface area contributed by atoms with Gasteiger partial charge in [-0.3, -0.25) is 0 Å². The summed E-state index contributed by atoms with van der Waals surface area (Å²) in [5, 5.41) is 3.08. The molecule has 1 heterocycles. The standard InChI is InChI=1S/C10H20N4S/c1-8(11)9-7-15-10(12-9)14(4)6-5-13(2)3/h7-8H,5-6,11H2,1-4H3. The number of rotatable bonds is 5. The first-order chi connectivity index (χ1) is 7.00. The monoisotopic (exact) mass is 228 g/mol. The molecule has 0 bridgehead atoms. The van der Waals surface area contributed by atoms with Crippen LogP contribution in [0.15, 0.2) is 5.38 Å². The largest absolute Gasteiger partial charge is 0.350 e. The number of aromatic nitrogens is 1. The van der Waals surface area contributed by atoms with Crippen molar-refractivity contribution in [2.45, 2.75) is 13.0 Å². The van der Waals surface area contributed by atoms with Crippen molar-refractivity contribution in [2.24, 2.45) is 5.73 Å². The van der Waals surface area contributed by atoms with Gasteiger partial charge in [0.25, 0.3) is 0 Å². The van der Waals surface area contributed by atoms with Crippen LogP contribution in [0.2, 0.25) is 0 Å². The molecule has 0 aliphatic heterocycles. The van der Waals surface area contributed by atoms with Gasteiger partial charge in [-0.25, -0.2) is 4.98 Å². The SMILES string of the molecule is CC(N)c1csc(N(C)CCN(C)C)n1. The van der Waals surface area contributed by atoms with Crippen molar-refractivity contribution in [1.29, 1.82) is 0 Å². The highest BCUT2D eigenvalue weighted by molar-refractivity contribution is 7.13. The first-order valence-corrected chi connectivity index (χ1v) is 5.95. The molecule has 0 aliphatic rings. The molecular weight excluding hydrogens is 208 g/mol. The molecule has 0 radical (unpaired) electrons. The number of likely N-dealkylation sites (N-methyl/N-ethyl adjacent to an activating group) is 2. The van der Waals surface area contributed by atoms with E-state index in [2.05, 4.69) is 35.9 Å². The van der Waals surface area contributed by atoms with Gasteiger partial charge in [-0.1, -0.05) is 0 Å². The Morgan fingerprint density at radius 1 is 1.40 bits per heavy atom. The van der Waals surface area contributed by atoms with E-state index in [0.29, 0.717) is 0 Å². The molecule has 1 atom stereocenters. The second kappa shape index (κ2) is 5.44. The highest BCUT2D eigenvalue weighted by Gasteiger charge is 2.09. The van der Waals surface area contributed by atoms with Crippen LogP contribution in [0.1, 0.15) is 18.7 Å². The summed E-state index contributed by atoms with van der Waals surface area (Å²) in [6.45, 7) is 3.97. The molecular formula is C10H20N4S. The number of nitrogens with zero attached hydrogens (tertiary/aromatic N) is 3. The zero-order valence-electron chi connectivity index (χ0n) is 9.90. The summed E-state index contributed by atoms with van der Waals surface area (Å²) >= 11 is 1.65. The smallest absolute Gasteiger partial charge is 0.185 e. The van der Waals surface area contributed by atoms with Crippen LogP contribution in [0.4, 0.5) is 5.13 Å². The molecule has 0 aromatic carbocycles. The van der Waals surface area contributed by atoms with Crippen molar-refractivity contribution < 1.29 is 0 Å². The Morgan fingerprint density at radius 3 is 2.53 bits per heavy atom. The Kier molecular flexibility index (Phi) is 4.50. The van der Waals surface area contributed by atoms with Crippen LogP contribution in [0, 0.1) is 0 Å². The Hall–Kier alpha value is -0.650. The molecule has 0 amide bonds. The summed E-state index contributed by atoms with van der Waals surface area (Å²) in [5.74, 6) is 0. The lowest BCUT2D eigenvalue weighted by molar-refractivity contribution is 0.416. The molecule has 1 rings (SSSR count). The fourth-order valence-corrected chi connectivity index (χ4v) is 2.03. The van der Waals surface area contributed by atoms with Gasteiger partial charge in [-0.15, -0.1) is 11.3 Å². The molecule has 0 spiro atoms. The van der Waals surface area contributed by atoms with Crippen molar-refractivity contribution in [3.63, 3.8) is 0 Å². The Bertz CT molecular complexity index is 295. The van der Waals surface area contributed by atoms with E-state index in [9.17, 15) is 0 Å². The van der Waals surface area contributed by atoms with E-state index in [4.69, 9.17) is 5.73 Å². The third kappa shape index (κ3) is 3.77.